The number of ether oxygens (including phenoxy) is 2. The molecule has 8 heteroatoms. The molecule has 0 aromatic heterocycles. The average molecular weight is 445 g/mol. The van der Waals surface area contributed by atoms with Crippen molar-refractivity contribution in [1.82, 2.24) is 5.32 Å². The summed E-state index contributed by atoms with van der Waals surface area (Å²) in [7, 11) is -3.85. The molecule has 166 valence electrons. The van der Waals surface area contributed by atoms with Crippen molar-refractivity contribution < 1.29 is 22.7 Å². The first-order chi connectivity index (χ1) is 15.0. The van der Waals surface area contributed by atoms with E-state index in [2.05, 4.69) is 10.0 Å². The van der Waals surface area contributed by atoms with E-state index in [9.17, 15) is 13.2 Å². The molecule has 0 spiro atoms. The third kappa shape index (κ3) is 5.50. The van der Waals surface area contributed by atoms with Gasteiger partial charge in [0, 0.05) is 29.8 Å². The smallest absolute Gasteiger partial charge is 0.262 e. The molecule has 0 atom stereocenters. The van der Waals surface area contributed by atoms with E-state index < -0.39 is 10.0 Å². The van der Waals surface area contributed by atoms with Gasteiger partial charge < -0.3 is 14.8 Å². The van der Waals surface area contributed by atoms with Crippen LogP contribution in [0.1, 0.15) is 55.3 Å². The zero-order valence-corrected chi connectivity index (χ0v) is 18.2. The topological polar surface area (TPSA) is 93.7 Å². The molecule has 0 bridgehead atoms. The van der Waals surface area contributed by atoms with Crippen LogP contribution in [0.2, 0.25) is 0 Å². The van der Waals surface area contributed by atoms with Crippen molar-refractivity contribution in [3.63, 3.8) is 0 Å². The van der Waals surface area contributed by atoms with Gasteiger partial charge in [-0.1, -0.05) is 31.7 Å². The van der Waals surface area contributed by atoms with Gasteiger partial charge in [0.15, 0.2) is 11.5 Å². The van der Waals surface area contributed by atoms with Crippen LogP contribution in [0.3, 0.4) is 0 Å². The summed E-state index contributed by atoms with van der Waals surface area (Å²) in [6.45, 7) is 1.01. The molecule has 1 fully saturated rings. The molecular weight excluding hydrogens is 416 g/mol. The van der Waals surface area contributed by atoms with Crippen molar-refractivity contribution in [3.05, 3.63) is 48.0 Å². The molecule has 1 heterocycles. The molecule has 4 rings (SSSR count). The Labute approximate surface area is 183 Å². The maximum absolute atomic E-state index is 12.9. The van der Waals surface area contributed by atoms with E-state index in [0.717, 1.165) is 32.1 Å². The summed E-state index contributed by atoms with van der Waals surface area (Å²) in [4.78, 5) is 12.8. The highest BCUT2D eigenvalue weighted by Crippen LogP contribution is 2.32. The Morgan fingerprint density at radius 3 is 2.39 bits per heavy atom. The lowest BCUT2D eigenvalue weighted by atomic mass is 10.1. The van der Waals surface area contributed by atoms with Gasteiger partial charge in [-0.05, 0) is 43.2 Å². The van der Waals surface area contributed by atoms with E-state index in [4.69, 9.17) is 9.47 Å². The van der Waals surface area contributed by atoms with Crippen LogP contribution >= 0.6 is 0 Å². The van der Waals surface area contributed by atoms with Crippen molar-refractivity contribution in [2.75, 3.05) is 17.9 Å². The zero-order valence-electron chi connectivity index (χ0n) is 17.4. The van der Waals surface area contributed by atoms with Crippen molar-refractivity contribution in [3.8, 4) is 11.5 Å². The van der Waals surface area contributed by atoms with Gasteiger partial charge in [0.2, 0.25) is 0 Å². The lowest BCUT2D eigenvalue weighted by molar-refractivity contribution is 0.0933. The second-order valence-electron chi connectivity index (χ2n) is 8.01. The molecule has 1 aliphatic carbocycles. The maximum atomic E-state index is 12.9. The predicted octanol–water partition coefficient (Wildman–Crippen LogP) is 4.10. The maximum Gasteiger partial charge on any atom is 0.262 e. The van der Waals surface area contributed by atoms with Crippen LogP contribution in [0.15, 0.2) is 47.4 Å². The molecular formula is C23H28N2O5S. The summed E-state index contributed by atoms with van der Waals surface area (Å²) in [6, 6.07) is 11.3. The fourth-order valence-electron chi connectivity index (χ4n) is 3.94. The summed E-state index contributed by atoms with van der Waals surface area (Å²) < 4.78 is 39.5. The van der Waals surface area contributed by atoms with Gasteiger partial charge in [0.1, 0.15) is 0 Å². The van der Waals surface area contributed by atoms with E-state index in [1.807, 2.05) is 0 Å². The van der Waals surface area contributed by atoms with Gasteiger partial charge in [-0.2, -0.15) is 0 Å². The minimum absolute atomic E-state index is 0.0741. The minimum atomic E-state index is -3.85. The number of amides is 1. The lowest BCUT2D eigenvalue weighted by Gasteiger charge is -2.17. The highest BCUT2D eigenvalue weighted by atomic mass is 32.2. The molecule has 7 nitrogen and oxygen atoms in total. The number of fused-ring (bicyclic) bond motifs is 1. The Hall–Kier alpha value is -2.74. The van der Waals surface area contributed by atoms with Crippen LogP contribution < -0.4 is 19.5 Å². The third-order valence-electron chi connectivity index (χ3n) is 5.60. The molecule has 2 aliphatic rings. The summed E-state index contributed by atoms with van der Waals surface area (Å²) in [5.74, 6) is 0.772. The number of rotatable bonds is 5. The third-order valence-corrected chi connectivity index (χ3v) is 6.98. The van der Waals surface area contributed by atoms with Gasteiger partial charge in [-0.3, -0.25) is 9.52 Å². The molecule has 2 aromatic rings. The molecule has 0 unspecified atom stereocenters. The van der Waals surface area contributed by atoms with E-state index in [1.165, 1.54) is 25.0 Å². The van der Waals surface area contributed by atoms with Crippen molar-refractivity contribution in [2.45, 2.75) is 55.9 Å². The summed E-state index contributed by atoms with van der Waals surface area (Å²) in [5, 5.41) is 3.09. The number of nitrogens with one attached hydrogen (secondary N) is 2. The molecule has 1 aliphatic heterocycles. The Morgan fingerprint density at radius 2 is 1.61 bits per heavy atom. The number of hydrogen-bond donors (Lipinski definition) is 2. The highest BCUT2D eigenvalue weighted by Gasteiger charge is 2.20. The highest BCUT2D eigenvalue weighted by molar-refractivity contribution is 7.92. The first kappa shape index (κ1) is 21.5. The number of anilines is 1. The molecule has 0 radical (unpaired) electrons. The van der Waals surface area contributed by atoms with Gasteiger partial charge in [-0.25, -0.2) is 8.42 Å². The molecule has 2 aromatic carbocycles. The molecule has 0 saturated heterocycles. The Morgan fingerprint density at radius 1 is 0.871 bits per heavy atom. The Kier molecular flexibility index (Phi) is 6.65. The van der Waals surface area contributed by atoms with E-state index in [-0.39, 0.29) is 16.8 Å². The summed E-state index contributed by atoms with van der Waals surface area (Å²) >= 11 is 0. The van der Waals surface area contributed by atoms with Crippen LogP contribution in [0, 0.1) is 0 Å². The van der Waals surface area contributed by atoms with Crippen LogP contribution in [-0.2, 0) is 10.0 Å². The second kappa shape index (κ2) is 9.60. The van der Waals surface area contributed by atoms with Crippen molar-refractivity contribution >= 4 is 21.6 Å². The summed E-state index contributed by atoms with van der Waals surface area (Å²) in [5.41, 5.74) is 0.767. The normalized spacial score (nSPS) is 17.3. The fraction of sp³-hybridized carbons (Fsp3) is 0.435. The Bertz CT molecular complexity index is 1030. The van der Waals surface area contributed by atoms with E-state index in [1.54, 1.807) is 30.3 Å². The first-order valence-electron chi connectivity index (χ1n) is 10.8. The van der Waals surface area contributed by atoms with Crippen LogP contribution in [0.4, 0.5) is 5.69 Å². The Balaban J connectivity index is 1.47. The number of hydrogen-bond acceptors (Lipinski definition) is 5. The largest absolute Gasteiger partial charge is 0.490 e. The lowest BCUT2D eigenvalue weighted by Crippen LogP contribution is -2.34. The van der Waals surface area contributed by atoms with Gasteiger partial charge in [0.25, 0.3) is 15.9 Å². The minimum Gasteiger partial charge on any atom is -0.490 e. The van der Waals surface area contributed by atoms with E-state index in [0.29, 0.717) is 36.0 Å². The predicted molar refractivity (Wildman–Crippen MR) is 118 cm³/mol. The van der Waals surface area contributed by atoms with Crippen molar-refractivity contribution in [1.29, 1.82) is 0 Å². The molecule has 31 heavy (non-hydrogen) atoms. The SMILES string of the molecule is O=C(NC1CCCCCC1)c1cccc(NS(=O)(=O)c2ccc3c(c2)OCCCO3)c1. The van der Waals surface area contributed by atoms with Gasteiger partial charge >= 0.3 is 0 Å². The van der Waals surface area contributed by atoms with Crippen molar-refractivity contribution in [2.24, 2.45) is 0 Å². The van der Waals surface area contributed by atoms with Crippen LogP contribution in [0.5, 0.6) is 11.5 Å². The van der Waals surface area contributed by atoms with Crippen LogP contribution in [0.25, 0.3) is 0 Å². The van der Waals surface area contributed by atoms with Gasteiger partial charge in [0.05, 0.1) is 18.1 Å². The zero-order chi connectivity index (χ0) is 21.7. The van der Waals surface area contributed by atoms with Gasteiger partial charge in [-0.15, -0.1) is 0 Å². The molecule has 2 N–H and O–H groups in total. The standard InChI is InChI=1S/C23H28N2O5S/c26-23(24-18-8-3-1-2-4-9-18)17-7-5-10-19(15-17)25-31(27,28)20-11-12-21-22(16-20)30-14-6-13-29-21/h5,7,10-12,15-16,18,25H,1-4,6,8-9,13-14H2,(H,24,26). The fourth-order valence-corrected chi connectivity index (χ4v) is 5.01. The number of sulfonamides is 1. The number of carbonyl (C=O) groups excluding carboxylic acids is 1. The average Bonchev–Trinajstić information content (AvgIpc) is 3.16. The summed E-state index contributed by atoms with van der Waals surface area (Å²) in [6.07, 6.45) is 7.39. The quantitative estimate of drug-likeness (QED) is 0.677. The van der Waals surface area contributed by atoms with E-state index >= 15 is 0 Å². The first-order valence-corrected chi connectivity index (χ1v) is 12.3. The monoisotopic (exact) mass is 444 g/mol. The molecule has 1 amide bonds. The number of benzene rings is 2. The second-order valence-corrected chi connectivity index (χ2v) is 9.69. The molecule has 1 saturated carbocycles. The number of carbonyl (C=O) groups is 1. The van der Waals surface area contributed by atoms with Crippen LogP contribution in [-0.4, -0.2) is 33.6 Å².